The average molecular weight is 382 g/mol. The lowest BCUT2D eigenvalue weighted by Gasteiger charge is -2.44. The van der Waals surface area contributed by atoms with Crippen LogP contribution in [0.5, 0.6) is 0 Å². The second kappa shape index (κ2) is 7.06. The highest BCUT2D eigenvalue weighted by atomic mass is 32.2. The smallest absolute Gasteiger partial charge is 0.212 e. The van der Waals surface area contributed by atoms with Crippen LogP contribution < -0.4 is 0 Å². The van der Waals surface area contributed by atoms with E-state index in [1.807, 2.05) is 0 Å². The predicted molar refractivity (Wildman–Crippen MR) is 108 cm³/mol. The SMILES string of the molecule is CC1(C)[C@H]2CC[C@@]1(CS(=O)(=O)N(C1CCCCC1)C1CCCCC1)CC2. The first kappa shape index (κ1) is 19.2. The lowest BCUT2D eigenvalue weighted by Crippen LogP contribution is -2.52. The fraction of sp³-hybridized carbons (Fsp3) is 1.00. The van der Waals surface area contributed by atoms with Crippen LogP contribution in [0, 0.1) is 16.7 Å². The fourth-order valence-electron chi connectivity index (χ4n) is 7.15. The van der Waals surface area contributed by atoms with Gasteiger partial charge >= 0.3 is 0 Å². The quantitative estimate of drug-likeness (QED) is 0.630. The zero-order valence-electron chi connectivity index (χ0n) is 17.0. The monoisotopic (exact) mass is 381 g/mol. The van der Waals surface area contributed by atoms with E-state index in [2.05, 4.69) is 18.2 Å². The number of fused-ring (bicyclic) bond motifs is 2. The molecule has 0 unspecified atom stereocenters. The maximum Gasteiger partial charge on any atom is 0.215 e. The molecule has 4 heteroatoms. The van der Waals surface area contributed by atoms with Crippen LogP contribution in [0.4, 0.5) is 0 Å². The molecule has 0 aromatic heterocycles. The van der Waals surface area contributed by atoms with Crippen LogP contribution in [-0.2, 0) is 10.0 Å². The molecule has 0 radical (unpaired) electrons. The second-order valence-corrected chi connectivity index (χ2v) is 12.3. The molecule has 0 heterocycles. The lowest BCUT2D eigenvalue weighted by atomic mass is 9.71. The summed E-state index contributed by atoms with van der Waals surface area (Å²) in [6.45, 7) is 4.72. The summed E-state index contributed by atoms with van der Waals surface area (Å²) in [6, 6.07) is 0.574. The molecule has 4 rings (SSSR count). The van der Waals surface area contributed by atoms with Gasteiger partial charge in [-0.05, 0) is 68.1 Å². The number of hydrogen-bond acceptors (Lipinski definition) is 2. The summed E-state index contributed by atoms with van der Waals surface area (Å²) in [5.74, 6) is 1.17. The normalized spacial score (nSPS) is 36.0. The molecule has 0 saturated heterocycles. The predicted octanol–water partition coefficient (Wildman–Crippen LogP) is 5.50. The molecule has 0 aromatic carbocycles. The number of nitrogens with zero attached hydrogens (tertiary/aromatic N) is 1. The molecule has 150 valence electrons. The van der Waals surface area contributed by atoms with Gasteiger partial charge in [0, 0.05) is 12.1 Å². The Hall–Kier alpha value is -0.0900. The van der Waals surface area contributed by atoms with Crippen molar-refractivity contribution in [3.8, 4) is 0 Å². The minimum atomic E-state index is -3.19. The van der Waals surface area contributed by atoms with Gasteiger partial charge in [-0.2, -0.15) is 4.31 Å². The van der Waals surface area contributed by atoms with Crippen molar-refractivity contribution >= 4 is 10.0 Å². The van der Waals surface area contributed by atoms with Crippen molar-refractivity contribution in [2.45, 2.75) is 116 Å². The zero-order valence-corrected chi connectivity index (χ0v) is 17.8. The summed E-state index contributed by atoms with van der Waals surface area (Å²) in [4.78, 5) is 0. The molecule has 4 aliphatic carbocycles. The number of sulfonamides is 1. The van der Waals surface area contributed by atoms with Crippen LogP contribution in [0.1, 0.15) is 104 Å². The topological polar surface area (TPSA) is 37.4 Å². The molecule has 0 aliphatic heterocycles. The van der Waals surface area contributed by atoms with Crippen molar-refractivity contribution in [2.24, 2.45) is 16.7 Å². The van der Waals surface area contributed by atoms with E-state index in [0.29, 0.717) is 5.75 Å². The van der Waals surface area contributed by atoms with Crippen LogP contribution in [0.2, 0.25) is 0 Å². The minimum absolute atomic E-state index is 0.0398. The molecule has 0 amide bonds. The average Bonchev–Trinajstić information content (AvgIpc) is 3.00. The Labute approximate surface area is 161 Å². The van der Waals surface area contributed by atoms with Gasteiger partial charge < -0.3 is 0 Å². The molecule has 3 nitrogen and oxygen atoms in total. The molecule has 2 bridgehead atoms. The van der Waals surface area contributed by atoms with Crippen molar-refractivity contribution in [1.29, 1.82) is 0 Å². The summed E-state index contributed by atoms with van der Waals surface area (Å²) in [5, 5.41) is 0. The van der Waals surface area contributed by atoms with Gasteiger partial charge in [0.1, 0.15) is 0 Å². The van der Waals surface area contributed by atoms with Gasteiger partial charge in [-0.25, -0.2) is 8.42 Å². The fourth-order valence-corrected chi connectivity index (χ4v) is 9.99. The first-order valence-corrected chi connectivity index (χ1v) is 13.0. The van der Waals surface area contributed by atoms with Crippen molar-refractivity contribution < 1.29 is 8.42 Å². The van der Waals surface area contributed by atoms with Crippen molar-refractivity contribution in [3.63, 3.8) is 0 Å². The van der Waals surface area contributed by atoms with Crippen LogP contribution in [-0.4, -0.2) is 30.6 Å². The molecule has 26 heavy (non-hydrogen) atoms. The maximum atomic E-state index is 13.9. The van der Waals surface area contributed by atoms with E-state index in [0.717, 1.165) is 44.4 Å². The van der Waals surface area contributed by atoms with Gasteiger partial charge in [0.05, 0.1) is 5.75 Å². The number of hydrogen-bond donors (Lipinski definition) is 0. The molecular weight excluding hydrogens is 342 g/mol. The third-order valence-electron chi connectivity index (χ3n) is 8.98. The molecule has 0 N–H and O–H groups in total. The Morgan fingerprint density at radius 1 is 0.769 bits per heavy atom. The summed E-state index contributed by atoms with van der Waals surface area (Å²) in [5.41, 5.74) is 0.239. The second-order valence-electron chi connectivity index (χ2n) is 10.4. The van der Waals surface area contributed by atoms with Gasteiger partial charge in [-0.3, -0.25) is 0 Å². The standard InChI is InChI=1S/C22H39NO2S/c1-21(2)18-13-15-22(21,16-14-18)17-26(24,25)23(19-9-5-3-6-10-19)20-11-7-4-8-12-20/h18-20H,3-17H2,1-2H3/t18-,22-. The van der Waals surface area contributed by atoms with Crippen LogP contribution in [0.3, 0.4) is 0 Å². The van der Waals surface area contributed by atoms with Gasteiger partial charge in [0.15, 0.2) is 0 Å². The Balaban J connectivity index is 1.61. The molecule has 4 saturated carbocycles. The molecule has 4 aliphatic rings. The highest BCUT2D eigenvalue weighted by Gasteiger charge is 2.60. The highest BCUT2D eigenvalue weighted by Crippen LogP contribution is 2.66. The molecule has 0 spiro atoms. The van der Waals surface area contributed by atoms with Gasteiger partial charge in [-0.15, -0.1) is 0 Å². The van der Waals surface area contributed by atoms with E-state index in [-0.39, 0.29) is 22.9 Å². The Morgan fingerprint density at radius 3 is 1.62 bits per heavy atom. The summed E-state index contributed by atoms with van der Waals surface area (Å²) in [6.07, 6.45) is 16.5. The zero-order chi connectivity index (χ0) is 18.4. The van der Waals surface area contributed by atoms with E-state index in [1.54, 1.807) is 0 Å². The molecule has 0 atom stereocenters. The summed E-state index contributed by atoms with van der Waals surface area (Å²) < 4.78 is 29.9. The van der Waals surface area contributed by atoms with E-state index in [1.165, 1.54) is 51.4 Å². The van der Waals surface area contributed by atoms with Crippen LogP contribution in [0.15, 0.2) is 0 Å². The highest BCUT2D eigenvalue weighted by molar-refractivity contribution is 7.89. The van der Waals surface area contributed by atoms with E-state index in [4.69, 9.17) is 0 Å². The van der Waals surface area contributed by atoms with Crippen molar-refractivity contribution in [1.82, 2.24) is 4.31 Å². The first-order valence-electron chi connectivity index (χ1n) is 11.4. The molecule has 0 aromatic rings. The summed E-state index contributed by atoms with van der Waals surface area (Å²) in [7, 11) is -3.19. The van der Waals surface area contributed by atoms with Crippen LogP contribution in [0.25, 0.3) is 0 Å². The largest absolute Gasteiger partial charge is 0.215 e. The Morgan fingerprint density at radius 2 is 1.23 bits per heavy atom. The van der Waals surface area contributed by atoms with E-state index >= 15 is 0 Å². The van der Waals surface area contributed by atoms with E-state index < -0.39 is 10.0 Å². The molecule has 4 fully saturated rings. The first-order chi connectivity index (χ1) is 12.4. The summed E-state index contributed by atoms with van der Waals surface area (Å²) >= 11 is 0. The Bertz CT molecular complexity index is 574. The lowest BCUT2D eigenvalue weighted by molar-refractivity contribution is 0.140. The number of rotatable bonds is 5. The van der Waals surface area contributed by atoms with Crippen molar-refractivity contribution in [3.05, 3.63) is 0 Å². The Kier molecular flexibility index (Phi) is 5.22. The third-order valence-corrected chi connectivity index (χ3v) is 11.1. The van der Waals surface area contributed by atoms with E-state index in [9.17, 15) is 8.42 Å². The minimum Gasteiger partial charge on any atom is -0.212 e. The molecular formula is C22H39NO2S. The van der Waals surface area contributed by atoms with Gasteiger partial charge in [-0.1, -0.05) is 52.4 Å². The van der Waals surface area contributed by atoms with Crippen LogP contribution >= 0.6 is 0 Å². The van der Waals surface area contributed by atoms with Gasteiger partial charge in [0.2, 0.25) is 10.0 Å². The third kappa shape index (κ3) is 3.17. The van der Waals surface area contributed by atoms with Crippen molar-refractivity contribution in [2.75, 3.05) is 5.75 Å². The van der Waals surface area contributed by atoms with Gasteiger partial charge in [0.25, 0.3) is 0 Å². The maximum absolute atomic E-state index is 13.9.